The van der Waals surface area contributed by atoms with E-state index in [1.807, 2.05) is 37.4 Å². The van der Waals surface area contributed by atoms with Gasteiger partial charge in [-0.05, 0) is 60.7 Å². The molecule has 0 aliphatic heterocycles. The zero-order valence-electron chi connectivity index (χ0n) is 20.2. The standard InChI is InChI=1S/C27H24F2N4O3S/c1-3-11-37(35,36)32-23-8-6-21(28)24(25(23)29)26(34)20-15-33(4-2)27-19(20)13-18(14-31-27)16-5-7-22-17(12-16)9-10-30-22/h5-10,12-15,30,32H,3-4,11H2,1-2H3. The van der Waals surface area contributed by atoms with Gasteiger partial charge in [0.2, 0.25) is 15.8 Å². The number of hydrogen-bond acceptors (Lipinski definition) is 4. The van der Waals surface area contributed by atoms with E-state index in [2.05, 4.69) is 14.7 Å². The molecule has 37 heavy (non-hydrogen) atoms. The summed E-state index contributed by atoms with van der Waals surface area (Å²) < 4.78 is 58.4. The number of carbonyl (C=O) groups excluding carboxylic acids is 1. The summed E-state index contributed by atoms with van der Waals surface area (Å²) in [4.78, 5) is 21.2. The second-order valence-corrected chi connectivity index (χ2v) is 10.6. The van der Waals surface area contributed by atoms with E-state index < -0.39 is 38.7 Å². The van der Waals surface area contributed by atoms with E-state index in [-0.39, 0.29) is 11.3 Å². The highest BCUT2D eigenvalue weighted by atomic mass is 32.2. The molecule has 0 unspecified atom stereocenters. The number of halogens is 2. The van der Waals surface area contributed by atoms with Crippen LogP contribution in [0, 0.1) is 11.6 Å². The highest BCUT2D eigenvalue weighted by Crippen LogP contribution is 2.31. The normalized spacial score (nSPS) is 11.9. The van der Waals surface area contributed by atoms with Gasteiger partial charge in [0.15, 0.2) is 5.82 Å². The zero-order valence-corrected chi connectivity index (χ0v) is 21.0. The number of aromatic nitrogens is 3. The number of aryl methyl sites for hydroxylation is 1. The fourth-order valence-corrected chi connectivity index (χ4v) is 5.58. The van der Waals surface area contributed by atoms with Crippen molar-refractivity contribution in [2.45, 2.75) is 26.8 Å². The molecule has 0 fully saturated rings. The monoisotopic (exact) mass is 522 g/mol. The Morgan fingerprint density at radius 2 is 1.89 bits per heavy atom. The molecule has 190 valence electrons. The lowest BCUT2D eigenvalue weighted by atomic mass is 9.99. The summed E-state index contributed by atoms with van der Waals surface area (Å²) in [5.41, 5.74) is 1.85. The van der Waals surface area contributed by atoms with Gasteiger partial charge in [0.1, 0.15) is 11.5 Å². The molecular weight excluding hydrogens is 498 g/mol. The van der Waals surface area contributed by atoms with Crippen LogP contribution in [0.3, 0.4) is 0 Å². The number of rotatable bonds is 8. The minimum Gasteiger partial charge on any atom is -0.361 e. The molecule has 0 amide bonds. The summed E-state index contributed by atoms with van der Waals surface area (Å²) in [6.07, 6.45) is 5.37. The Balaban J connectivity index is 1.63. The molecule has 0 radical (unpaired) electrons. The summed E-state index contributed by atoms with van der Waals surface area (Å²) in [5.74, 6) is -3.48. The van der Waals surface area contributed by atoms with Gasteiger partial charge >= 0.3 is 0 Å². The SMILES string of the molecule is CCCS(=O)(=O)Nc1ccc(F)c(C(=O)c2cn(CC)c3ncc(-c4ccc5[nH]ccc5c4)cc23)c1F. The van der Waals surface area contributed by atoms with Gasteiger partial charge < -0.3 is 9.55 Å². The average Bonchev–Trinajstić information content (AvgIpc) is 3.49. The van der Waals surface area contributed by atoms with Gasteiger partial charge in [-0.15, -0.1) is 0 Å². The van der Waals surface area contributed by atoms with Crippen LogP contribution >= 0.6 is 0 Å². The van der Waals surface area contributed by atoms with Gasteiger partial charge in [-0.25, -0.2) is 22.2 Å². The van der Waals surface area contributed by atoms with Crippen molar-refractivity contribution < 1.29 is 22.0 Å². The number of aromatic amines is 1. The second-order valence-electron chi connectivity index (χ2n) is 8.74. The Hall–Kier alpha value is -4.05. The van der Waals surface area contributed by atoms with Crippen LogP contribution in [-0.4, -0.2) is 34.5 Å². The third-order valence-corrected chi connectivity index (χ3v) is 7.72. The van der Waals surface area contributed by atoms with Crippen LogP contribution in [0.2, 0.25) is 0 Å². The van der Waals surface area contributed by atoms with Crippen molar-refractivity contribution in [2.75, 3.05) is 10.5 Å². The lowest BCUT2D eigenvalue weighted by molar-refractivity contribution is 0.103. The average molecular weight is 523 g/mol. The summed E-state index contributed by atoms with van der Waals surface area (Å²) in [5, 5.41) is 1.45. The van der Waals surface area contributed by atoms with E-state index >= 15 is 4.39 Å². The van der Waals surface area contributed by atoms with Gasteiger partial charge in [0.05, 0.1) is 17.0 Å². The van der Waals surface area contributed by atoms with Crippen LogP contribution in [0.5, 0.6) is 0 Å². The van der Waals surface area contributed by atoms with Crippen molar-refractivity contribution in [2.24, 2.45) is 0 Å². The number of benzene rings is 2. The first kappa shape index (κ1) is 24.6. The number of pyridine rings is 1. The predicted octanol–water partition coefficient (Wildman–Crippen LogP) is 5.87. The number of carbonyl (C=O) groups is 1. The Kier molecular flexibility index (Phi) is 6.28. The molecule has 2 N–H and O–H groups in total. The molecule has 5 rings (SSSR count). The minimum absolute atomic E-state index is 0.0697. The lowest BCUT2D eigenvalue weighted by Crippen LogP contribution is -2.18. The van der Waals surface area contributed by atoms with Crippen molar-refractivity contribution in [1.29, 1.82) is 0 Å². The van der Waals surface area contributed by atoms with Gasteiger partial charge in [-0.3, -0.25) is 9.52 Å². The lowest BCUT2D eigenvalue weighted by Gasteiger charge is -2.11. The van der Waals surface area contributed by atoms with Gasteiger partial charge in [0.25, 0.3) is 0 Å². The minimum atomic E-state index is -3.85. The summed E-state index contributed by atoms with van der Waals surface area (Å²) in [7, 11) is -3.85. The topological polar surface area (TPSA) is 96.8 Å². The zero-order chi connectivity index (χ0) is 26.3. The fraction of sp³-hybridized carbons (Fsp3) is 0.185. The molecule has 0 saturated heterocycles. The number of nitrogens with zero attached hydrogens (tertiary/aromatic N) is 2. The molecule has 0 saturated carbocycles. The van der Waals surface area contributed by atoms with E-state index in [4.69, 9.17) is 0 Å². The van der Waals surface area contributed by atoms with Crippen molar-refractivity contribution in [3.8, 4) is 11.1 Å². The van der Waals surface area contributed by atoms with E-state index in [1.54, 1.807) is 23.8 Å². The number of fused-ring (bicyclic) bond motifs is 2. The molecule has 0 aliphatic rings. The molecular formula is C27H24F2N4O3S. The van der Waals surface area contributed by atoms with Crippen molar-refractivity contribution in [3.05, 3.63) is 83.8 Å². The maximum atomic E-state index is 15.4. The Morgan fingerprint density at radius 1 is 1.08 bits per heavy atom. The Bertz CT molecular complexity index is 1770. The quantitative estimate of drug-likeness (QED) is 0.249. The van der Waals surface area contributed by atoms with Crippen molar-refractivity contribution in [3.63, 3.8) is 0 Å². The van der Waals surface area contributed by atoms with Crippen LogP contribution in [0.4, 0.5) is 14.5 Å². The Morgan fingerprint density at radius 3 is 2.65 bits per heavy atom. The molecule has 7 nitrogen and oxygen atoms in total. The number of H-pyrrole nitrogens is 1. The molecule has 10 heteroatoms. The number of anilines is 1. The largest absolute Gasteiger partial charge is 0.361 e. The maximum Gasteiger partial charge on any atom is 0.232 e. The van der Waals surface area contributed by atoms with Gasteiger partial charge in [-0.2, -0.15) is 0 Å². The van der Waals surface area contributed by atoms with Crippen molar-refractivity contribution >= 4 is 43.4 Å². The highest BCUT2D eigenvalue weighted by molar-refractivity contribution is 7.92. The maximum absolute atomic E-state index is 15.4. The highest BCUT2D eigenvalue weighted by Gasteiger charge is 2.27. The van der Waals surface area contributed by atoms with E-state index in [1.165, 1.54) is 6.20 Å². The Labute approximate surface area is 212 Å². The fourth-order valence-electron chi connectivity index (χ4n) is 4.45. The van der Waals surface area contributed by atoms with Crippen LogP contribution in [0.15, 0.2) is 61.1 Å². The number of nitrogens with one attached hydrogen (secondary N) is 2. The van der Waals surface area contributed by atoms with E-state index in [9.17, 15) is 17.6 Å². The number of sulfonamides is 1. The molecule has 2 aromatic carbocycles. The van der Waals surface area contributed by atoms with Gasteiger partial charge in [0, 0.05) is 47.2 Å². The molecule has 0 spiro atoms. The third-order valence-electron chi connectivity index (χ3n) is 6.24. The summed E-state index contributed by atoms with van der Waals surface area (Å²) >= 11 is 0. The van der Waals surface area contributed by atoms with Crippen LogP contribution in [0.25, 0.3) is 33.1 Å². The second kappa shape index (κ2) is 9.44. The third kappa shape index (κ3) is 4.48. The van der Waals surface area contributed by atoms with Gasteiger partial charge in [-0.1, -0.05) is 13.0 Å². The van der Waals surface area contributed by atoms with Crippen molar-refractivity contribution in [1.82, 2.24) is 14.5 Å². The van der Waals surface area contributed by atoms with Crippen LogP contribution in [-0.2, 0) is 16.6 Å². The molecule has 5 aromatic rings. The molecule has 3 aromatic heterocycles. The first-order valence-corrected chi connectivity index (χ1v) is 13.5. The molecule has 0 bridgehead atoms. The van der Waals surface area contributed by atoms with E-state index in [0.29, 0.717) is 24.0 Å². The number of hydrogen-bond donors (Lipinski definition) is 2. The van der Waals surface area contributed by atoms with Crippen LogP contribution < -0.4 is 4.72 Å². The summed E-state index contributed by atoms with van der Waals surface area (Å²) in [6.45, 7) is 4.01. The molecule has 0 atom stereocenters. The smallest absolute Gasteiger partial charge is 0.232 e. The first-order chi connectivity index (χ1) is 17.7. The first-order valence-electron chi connectivity index (χ1n) is 11.8. The molecule has 3 heterocycles. The van der Waals surface area contributed by atoms with E-state index in [0.717, 1.165) is 34.2 Å². The predicted molar refractivity (Wildman–Crippen MR) is 140 cm³/mol. The number of ketones is 1. The van der Waals surface area contributed by atoms with Crippen LogP contribution in [0.1, 0.15) is 36.2 Å². The molecule has 0 aliphatic carbocycles. The summed E-state index contributed by atoms with van der Waals surface area (Å²) in [6, 6.07) is 11.4.